The third kappa shape index (κ3) is 2.82. The number of pyridine rings is 2. The zero-order valence-electron chi connectivity index (χ0n) is 11.9. The summed E-state index contributed by atoms with van der Waals surface area (Å²) in [6, 6.07) is 5.28. The second-order valence-corrected chi connectivity index (χ2v) is 4.24. The molecule has 21 heavy (non-hydrogen) atoms. The maximum absolute atomic E-state index is 11.9. The van der Waals surface area contributed by atoms with Crippen LogP contribution < -0.4 is 4.74 Å². The molecule has 2 heterocycles. The zero-order valence-corrected chi connectivity index (χ0v) is 11.9. The summed E-state index contributed by atoms with van der Waals surface area (Å²) in [6.07, 6.45) is 2.90. The van der Waals surface area contributed by atoms with E-state index in [1.165, 1.54) is 26.6 Å². The number of nitrogens with zero attached hydrogens (tertiary/aromatic N) is 3. The lowest BCUT2D eigenvalue weighted by Crippen LogP contribution is -2.06. The number of carbonyl (C=O) groups is 1. The van der Waals surface area contributed by atoms with E-state index in [0.717, 1.165) is 5.69 Å². The van der Waals surface area contributed by atoms with Crippen LogP contribution >= 0.6 is 0 Å². The van der Waals surface area contributed by atoms with Gasteiger partial charge in [0.15, 0.2) is 0 Å². The number of hydrogen-bond acceptors (Lipinski definition) is 6. The molecule has 0 unspecified atom stereocenters. The number of carbonyl (C=O) groups excluding carboxylic acids is 1. The quantitative estimate of drug-likeness (QED) is 0.802. The monoisotopic (exact) mass is 283 g/mol. The van der Waals surface area contributed by atoms with Gasteiger partial charge in [-0.25, -0.2) is 9.78 Å². The summed E-state index contributed by atoms with van der Waals surface area (Å²) in [7, 11) is 2.80. The molecule has 6 heteroatoms. The van der Waals surface area contributed by atoms with Crippen molar-refractivity contribution in [2.75, 3.05) is 14.2 Å². The SMILES string of the molecule is COC(=O)c1cnc(C)cc1-c1cc(C#N)ncc1OC. The highest BCUT2D eigenvalue weighted by molar-refractivity contribution is 5.97. The fourth-order valence-corrected chi connectivity index (χ4v) is 1.93. The van der Waals surface area contributed by atoms with Crippen LogP contribution in [0.5, 0.6) is 5.75 Å². The van der Waals surface area contributed by atoms with Crippen molar-refractivity contribution in [2.24, 2.45) is 0 Å². The fraction of sp³-hybridized carbons (Fsp3) is 0.200. The lowest BCUT2D eigenvalue weighted by Gasteiger charge is -2.12. The highest BCUT2D eigenvalue weighted by Gasteiger charge is 2.18. The topological polar surface area (TPSA) is 85.1 Å². The first-order valence-electron chi connectivity index (χ1n) is 6.10. The van der Waals surface area contributed by atoms with Crippen LogP contribution in [-0.2, 0) is 4.74 Å². The highest BCUT2D eigenvalue weighted by atomic mass is 16.5. The maximum Gasteiger partial charge on any atom is 0.340 e. The van der Waals surface area contributed by atoms with E-state index in [1.54, 1.807) is 12.1 Å². The van der Waals surface area contributed by atoms with Gasteiger partial charge in [0.2, 0.25) is 0 Å². The second-order valence-electron chi connectivity index (χ2n) is 4.24. The van der Waals surface area contributed by atoms with Crippen molar-refractivity contribution in [2.45, 2.75) is 6.92 Å². The molecule has 2 rings (SSSR count). The van der Waals surface area contributed by atoms with Crippen molar-refractivity contribution in [3.8, 4) is 22.9 Å². The summed E-state index contributed by atoms with van der Waals surface area (Å²) in [5, 5.41) is 8.99. The van der Waals surface area contributed by atoms with E-state index < -0.39 is 5.97 Å². The molecule has 2 aromatic rings. The summed E-state index contributed by atoms with van der Waals surface area (Å²) in [5.41, 5.74) is 2.45. The smallest absolute Gasteiger partial charge is 0.340 e. The summed E-state index contributed by atoms with van der Waals surface area (Å²) in [5.74, 6) is -0.0420. The number of methoxy groups -OCH3 is 2. The number of aromatic nitrogens is 2. The zero-order chi connectivity index (χ0) is 15.4. The lowest BCUT2D eigenvalue weighted by atomic mass is 10.00. The number of nitriles is 1. The van der Waals surface area contributed by atoms with E-state index in [-0.39, 0.29) is 5.69 Å². The Morgan fingerprint density at radius 3 is 2.57 bits per heavy atom. The van der Waals surface area contributed by atoms with Gasteiger partial charge >= 0.3 is 5.97 Å². The Morgan fingerprint density at radius 2 is 1.95 bits per heavy atom. The van der Waals surface area contributed by atoms with Crippen LogP contribution in [0.3, 0.4) is 0 Å². The van der Waals surface area contributed by atoms with Crippen molar-refractivity contribution in [1.82, 2.24) is 9.97 Å². The van der Waals surface area contributed by atoms with Gasteiger partial charge in [0, 0.05) is 23.0 Å². The van der Waals surface area contributed by atoms with Gasteiger partial charge in [0.25, 0.3) is 0 Å². The highest BCUT2D eigenvalue weighted by Crippen LogP contribution is 2.32. The number of esters is 1. The van der Waals surface area contributed by atoms with Crippen LogP contribution in [0.25, 0.3) is 11.1 Å². The summed E-state index contributed by atoms with van der Waals surface area (Å²) in [6.45, 7) is 1.81. The average molecular weight is 283 g/mol. The Morgan fingerprint density at radius 1 is 1.19 bits per heavy atom. The van der Waals surface area contributed by atoms with E-state index in [0.29, 0.717) is 22.4 Å². The number of rotatable bonds is 3. The molecule has 0 aliphatic rings. The molecule has 0 radical (unpaired) electrons. The minimum atomic E-state index is -0.505. The average Bonchev–Trinajstić information content (AvgIpc) is 2.53. The molecule has 0 aliphatic heterocycles. The third-order valence-electron chi connectivity index (χ3n) is 2.94. The molecule has 2 aromatic heterocycles. The molecule has 106 valence electrons. The summed E-state index contributed by atoms with van der Waals surface area (Å²) < 4.78 is 10.0. The van der Waals surface area contributed by atoms with E-state index in [1.807, 2.05) is 13.0 Å². The van der Waals surface area contributed by atoms with Crippen LogP contribution in [0.2, 0.25) is 0 Å². The van der Waals surface area contributed by atoms with E-state index in [4.69, 9.17) is 14.7 Å². The Bertz CT molecular complexity index is 735. The van der Waals surface area contributed by atoms with Gasteiger partial charge in [-0.05, 0) is 19.1 Å². The molecule has 0 amide bonds. The predicted molar refractivity (Wildman–Crippen MR) is 74.8 cm³/mol. The van der Waals surface area contributed by atoms with Crippen LogP contribution in [0.15, 0.2) is 24.5 Å². The predicted octanol–water partition coefficient (Wildman–Crippen LogP) is 2.12. The second kappa shape index (κ2) is 6.01. The van der Waals surface area contributed by atoms with Crippen molar-refractivity contribution >= 4 is 5.97 Å². The van der Waals surface area contributed by atoms with E-state index in [9.17, 15) is 4.79 Å². The molecule has 0 saturated heterocycles. The molecule has 0 bridgehead atoms. The lowest BCUT2D eigenvalue weighted by molar-refractivity contribution is 0.0601. The summed E-state index contributed by atoms with van der Waals surface area (Å²) in [4.78, 5) is 20.0. The van der Waals surface area contributed by atoms with Crippen molar-refractivity contribution in [1.29, 1.82) is 5.26 Å². The van der Waals surface area contributed by atoms with Crippen LogP contribution in [0.1, 0.15) is 21.7 Å². The molecule has 0 N–H and O–H groups in total. The molecule has 0 saturated carbocycles. The van der Waals surface area contributed by atoms with Crippen molar-refractivity contribution < 1.29 is 14.3 Å². The minimum absolute atomic E-state index is 0.232. The van der Waals surface area contributed by atoms with Gasteiger partial charge in [-0.1, -0.05) is 0 Å². The Hall–Kier alpha value is -2.94. The number of hydrogen-bond donors (Lipinski definition) is 0. The Kier molecular flexibility index (Phi) is 4.14. The normalized spacial score (nSPS) is 9.81. The molecule has 0 fully saturated rings. The number of ether oxygens (including phenoxy) is 2. The first kappa shape index (κ1) is 14.5. The van der Waals surface area contributed by atoms with Gasteiger partial charge in [0.1, 0.15) is 17.5 Å². The van der Waals surface area contributed by atoms with Crippen LogP contribution in [0.4, 0.5) is 0 Å². The maximum atomic E-state index is 11.9. The van der Waals surface area contributed by atoms with E-state index >= 15 is 0 Å². The first-order chi connectivity index (χ1) is 10.1. The van der Waals surface area contributed by atoms with E-state index in [2.05, 4.69) is 9.97 Å². The molecule has 0 aromatic carbocycles. The third-order valence-corrected chi connectivity index (χ3v) is 2.94. The Balaban J connectivity index is 2.74. The van der Waals surface area contributed by atoms with Gasteiger partial charge in [-0.2, -0.15) is 5.26 Å². The first-order valence-corrected chi connectivity index (χ1v) is 6.10. The van der Waals surface area contributed by atoms with Gasteiger partial charge in [-0.15, -0.1) is 0 Å². The standard InChI is InChI=1S/C15H13N3O3/c1-9-4-11(13(7-17-9)15(19)21-3)12-5-10(6-16)18-8-14(12)20-2/h4-5,7-8H,1-3H3. The molecule has 0 spiro atoms. The summed E-state index contributed by atoms with van der Waals surface area (Å²) >= 11 is 0. The van der Waals surface area contributed by atoms with Crippen LogP contribution in [0, 0.1) is 18.3 Å². The fourth-order valence-electron chi connectivity index (χ4n) is 1.93. The van der Waals surface area contributed by atoms with Crippen LogP contribution in [-0.4, -0.2) is 30.2 Å². The largest absolute Gasteiger partial charge is 0.494 e. The van der Waals surface area contributed by atoms with Gasteiger partial charge in [0.05, 0.1) is 26.0 Å². The minimum Gasteiger partial charge on any atom is -0.494 e. The van der Waals surface area contributed by atoms with Crippen molar-refractivity contribution in [3.05, 3.63) is 41.5 Å². The van der Waals surface area contributed by atoms with Gasteiger partial charge < -0.3 is 9.47 Å². The molecule has 0 atom stereocenters. The molecular weight excluding hydrogens is 270 g/mol. The number of aryl methyl sites for hydroxylation is 1. The molecular formula is C15H13N3O3. The Labute approximate surface area is 122 Å². The molecule has 6 nitrogen and oxygen atoms in total. The molecule has 0 aliphatic carbocycles. The van der Waals surface area contributed by atoms with Gasteiger partial charge in [-0.3, -0.25) is 4.98 Å². The van der Waals surface area contributed by atoms with Crippen molar-refractivity contribution in [3.63, 3.8) is 0 Å².